The molecule has 3 heterocycles. The fraction of sp³-hybridized carbons (Fsp3) is 0.0800. The Morgan fingerprint density at radius 1 is 1.00 bits per heavy atom. The maximum absolute atomic E-state index is 12.9. The second-order valence-corrected chi connectivity index (χ2v) is 9.21. The van der Waals surface area contributed by atoms with Gasteiger partial charge >= 0.3 is 0 Å². The molecule has 5 rings (SSSR count). The number of halogens is 2. The quantitative estimate of drug-likeness (QED) is 0.293. The van der Waals surface area contributed by atoms with Crippen LogP contribution in [0.5, 0.6) is 11.5 Å². The van der Waals surface area contributed by atoms with E-state index in [0.29, 0.717) is 53.9 Å². The molecule has 35 heavy (non-hydrogen) atoms. The van der Waals surface area contributed by atoms with Crippen molar-refractivity contribution in [2.45, 2.75) is 0 Å². The van der Waals surface area contributed by atoms with Crippen LogP contribution in [0.1, 0.15) is 17.1 Å². The van der Waals surface area contributed by atoms with Crippen molar-refractivity contribution in [2.24, 2.45) is 0 Å². The Morgan fingerprint density at radius 3 is 2.60 bits per heavy atom. The summed E-state index contributed by atoms with van der Waals surface area (Å²) in [5.41, 5.74) is 1.28. The van der Waals surface area contributed by atoms with Crippen molar-refractivity contribution in [3.05, 3.63) is 90.6 Å². The normalized spacial score (nSPS) is 12.2. The molecule has 7 nitrogen and oxygen atoms in total. The van der Waals surface area contributed by atoms with E-state index in [4.69, 9.17) is 37.1 Å². The number of hydrogen-bond acceptors (Lipinski definition) is 7. The van der Waals surface area contributed by atoms with Crippen molar-refractivity contribution in [3.63, 3.8) is 0 Å². The third-order valence-corrected chi connectivity index (χ3v) is 6.65. The molecular formula is C25H17Cl2N3O4S. The van der Waals surface area contributed by atoms with E-state index in [9.17, 15) is 4.79 Å². The average molecular weight is 526 g/mol. The zero-order valence-electron chi connectivity index (χ0n) is 18.5. The number of hydrogen-bond donors (Lipinski definition) is 0. The van der Waals surface area contributed by atoms with E-state index in [1.807, 2.05) is 24.3 Å². The lowest BCUT2D eigenvalue weighted by Gasteiger charge is -2.07. The third-order valence-electron chi connectivity index (χ3n) is 5.12. The van der Waals surface area contributed by atoms with Gasteiger partial charge in [0.05, 0.1) is 19.2 Å². The van der Waals surface area contributed by atoms with E-state index < -0.39 is 0 Å². The van der Waals surface area contributed by atoms with Crippen LogP contribution < -0.4 is 19.6 Å². The lowest BCUT2D eigenvalue weighted by molar-refractivity contribution is 0.355. The molecular weight excluding hydrogens is 509 g/mol. The molecule has 0 aliphatic carbocycles. The summed E-state index contributed by atoms with van der Waals surface area (Å²) in [6.45, 7) is 0. The van der Waals surface area contributed by atoms with Gasteiger partial charge in [0.1, 0.15) is 16.1 Å². The van der Waals surface area contributed by atoms with Gasteiger partial charge in [-0.2, -0.15) is 9.50 Å². The Balaban J connectivity index is 1.42. The van der Waals surface area contributed by atoms with Crippen LogP contribution in [-0.4, -0.2) is 28.8 Å². The van der Waals surface area contributed by atoms with Gasteiger partial charge in [-0.15, -0.1) is 5.10 Å². The molecule has 0 saturated heterocycles. The van der Waals surface area contributed by atoms with Crippen molar-refractivity contribution in [1.29, 1.82) is 0 Å². The molecule has 0 unspecified atom stereocenters. The number of furan rings is 1. The second-order valence-electron chi connectivity index (χ2n) is 7.35. The molecule has 2 aromatic carbocycles. The summed E-state index contributed by atoms with van der Waals surface area (Å²) in [6.07, 6.45) is 5.23. The topological polar surface area (TPSA) is 78.9 Å². The summed E-state index contributed by atoms with van der Waals surface area (Å²) in [6, 6.07) is 14.2. The van der Waals surface area contributed by atoms with Gasteiger partial charge in [-0.1, -0.05) is 46.7 Å². The Labute approximate surface area is 213 Å². The Bertz CT molecular complexity index is 1690. The Kier molecular flexibility index (Phi) is 6.34. The van der Waals surface area contributed by atoms with E-state index in [1.165, 1.54) is 15.9 Å². The average Bonchev–Trinajstić information content (AvgIpc) is 3.56. The van der Waals surface area contributed by atoms with Gasteiger partial charge in [0.15, 0.2) is 17.3 Å². The van der Waals surface area contributed by atoms with Gasteiger partial charge < -0.3 is 13.9 Å². The number of ether oxygens (including phenoxy) is 2. The molecule has 0 amide bonds. The lowest BCUT2D eigenvalue weighted by atomic mass is 10.2. The number of benzene rings is 2. The first-order chi connectivity index (χ1) is 16.9. The predicted molar refractivity (Wildman–Crippen MR) is 139 cm³/mol. The first-order valence-corrected chi connectivity index (χ1v) is 11.9. The molecule has 0 radical (unpaired) electrons. The fourth-order valence-electron chi connectivity index (χ4n) is 3.44. The minimum Gasteiger partial charge on any atom is -0.493 e. The van der Waals surface area contributed by atoms with Crippen LogP contribution in [0.3, 0.4) is 0 Å². The van der Waals surface area contributed by atoms with Crippen LogP contribution in [0.15, 0.2) is 57.7 Å². The van der Waals surface area contributed by atoms with Crippen molar-refractivity contribution in [2.75, 3.05) is 14.2 Å². The first kappa shape index (κ1) is 23.2. The maximum atomic E-state index is 12.9. The SMILES string of the molecule is COc1ccc(/C=C/c2nc3s/c(=C\c4ccc(-c5cc(Cl)ccc5Cl)o4)c(=O)n3n2)cc1OC. The van der Waals surface area contributed by atoms with E-state index in [1.54, 1.807) is 56.7 Å². The van der Waals surface area contributed by atoms with Gasteiger partial charge in [0.2, 0.25) is 4.96 Å². The highest BCUT2D eigenvalue weighted by atomic mass is 35.5. The van der Waals surface area contributed by atoms with Crippen LogP contribution in [-0.2, 0) is 0 Å². The van der Waals surface area contributed by atoms with Crippen LogP contribution in [0.25, 0.3) is 34.5 Å². The molecule has 0 atom stereocenters. The fourth-order valence-corrected chi connectivity index (χ4v) is 4.72. The molecule has 0 bridgehead atoms. The molecule has 0 aliphatic rings. The molecule has 3 aromatic heterocycles. The third kappa shape index (κ3) is 4.68. The van der Waals surface area contributed by atoms with E-state index in [-0.39, 0.29) is 5.56 Å². The molecule has 0 spiro atoms. The van der Waals surface area contributed by atoms with Crippen molar-refractivity contribution in [3.8, 4) is 22.8 Å². The smallest absolute Gasteiger partial charge is 0.291 e. The van der Waals surface area contributed by atoms with E-state index in [0.717, 1.165) is 5.56 Å². The highest BCUT2D eigenvalue weighted by Crippen LogP contribution is 2.32. The number of fused-ring (bicyclic) bond motifs is 1. The predicted octanol–water partition coefficient (Wildman–Crippen LogP) is 5.45. The zero-order valence-corrected chi connectivity index (χ0v) is 20.8. The molecule has 5 aromatic rings. The summed E-state index contributed by atoms with van der Waals surface area (Å²) >= 11 is 13.6. The standard InChI is InChI=1S/C25H17Cl2N3O4S/c1-32-20-8-3-14(11-21(20)33-2)4-10-23-28-25-30(29-23)24(31)22(35-25)13-16-6-9-19(34-16)17-12-15(26)5-7-18(17)27/h3-13H,1-2H3/b10-4+,22-13-. The summed E-state index contributed by atoms with van der Waals surface area (Å²) < 4.78 is 18.2. The van der Waals surface area contributed by atoms with Crippen LogP contribution in [0.4, 0.5) is 0 Å². The van der Waals surface area contributed by atoms with Crippen molar-refractivity contribution in [1.82, 2.24) is 14.6 Å². The number of rotatable bonds is 6. The van der Waals surface area contributed by atoms with Crippen molar-refractivity contribution < 1.29 is 13.9 Å². The maximum Gasteiger partial charge on any atom is 0.291 e. The number of nitrogens with zero attached hydrogens (tertiary/aromatic N) is 3. The second kappa shape index (κ2) is 9.58. The largest absolute Gasteiger partial charge is 0.493 e. The molecule has 0 aliphatic heterocycles. The monoisotopic (exact) mass is 525 g/mol. The first-order valence-electron chi connectivity index (χ1n) is 10.3. The lowest BCUT2D eigenvalue weighted by Crippen LogP contribution is -2.23. The van der Waals surface area contributed by atoms with Gasteiger partial charge in [-0.05, 0) is 54.1 Å². The van der Waals surface area contributed by atoms with Crippen LogP contribution in [0.2, 0.25) is 10.0 Å². The van der Waals surface area contributed by atoms with Gasteiger partial charge in [-0.3, -0.25) is 4.79 Å². The van der Waals surface area contributed by atoms with Gasteiger partial charge in [0, 0.05) is 16.7 Å². The molecule has 176 valence electrons. The Morgan fingerprint density at radius 2 is 1.83 bits per heavy atom. The minimum absolute atomic E-state index is 0.276. The summed E-state index contributed by atoms with van der Waals surface area (Å²) in [7, 11) is 3.16. The summed E-state index contributed by atoms with van der Waals surface area (Å²) in [4.78, 5) is 17.8. The molecule has 0 fully saturated rings. The van der Waals surface area contributed by atoms with Gasteiger partial charge in [-0.25, -0.2) is 0 Å². The van der Waals surface area contributed by atoms with Crippen molar-refractivity contribution >= 4 is 57.7 Å². The van der Waals surface area contributed by atoms with Gasteiger partial charge in [0.25, 0.3) is 5.56 Å². The van der Waals surface area contributed by atoms with E-state index >= 15 is 0 Å². The summed E-state index contributed by atoms with van der Waals surface area (Å²) in [5.74, 6) is 2.74. The van der Waals surface area contributed by atoms with Crippen LogP contribution in [0, 0.1) is 0 Å². The zero-order chi connectivity index (χ0) is 24.5. The number of thiazole rings is 1. The molecule has 0 saturated carbocycles. The summed E-state index contributed by atoms with van der Waals surface area (Å²) in [5, 5.41) is 5.39. The van der Waals surface area contributed by atoms with E-state index in [2.05, 4.69) is 10.1 Å². The number of methoxy groups -OCH3 is 2. The highest BCUT2D eigenvalue weighted by molar-refractivity contribution is 7.15. The Hall–Kier alpha value is -3.59. The highest BCUT2D eigenvalue weighted by Gasteiger charge is 2.12. The minimum atomic E-state index is -0.276. The molecule has 0 N–H and O–H groups in total. The van der Waals surface area contributed by atoms with Crippen LogP contribution >= 0.6 is 34.5 Å². The number of aromatic nitrogens is 3. The molecule has 10 heteroatoms.